The first-order valence-electron chi connectivity index (χ1n) is 10.6. The summed E-state index contributed by atoms with van der Waals surface area (Å²) in [5, 5.41) is 10.8. The number of fused-ring (bicyclic) bond motifs is 1. The molecule has 4 aromatic rings. The number of rotatable bonds is 7. The summed E-state index contributed by atoms with van der Waals surface area (Å²) in [4.78, 5) is 19.7. The molecule has 2 aromatic heterocycles. The Hall–Kier alpha value is -4.00. The number of benzene rings is 2. The Morgan fingerprint density at radius 2 is 1.94 bits per heavy atom. The number of nitrogens with one attached hydrogen (secondary N) is 4. The number of aryl methyl sites for hydroxylation is 1. The fourth-order valence-corrected chi connectivity index (χ4v) is 3.54. The minimum absolute atomic E-state index is 0.268. The Labute approximate surface area is 186 Å². The molecule has 0 atom stereocenters. The second kappa shape index (κ2) is 9.87. The maximum atomic E-state index is 12.0. The average Bonchev–Trinajstić information content (AvgIpc) is 3.47. The quantitative estimate of drug-likeness (QED) is 0.261. The highest BCUT2D eigenvalue weighted by Gasteiger charge is 2.08. The second-order valence-corrected chi connectivity index (χ2v) is 7.59. The molecule has 7 nitrogen and oxygen atoms in total. The van der Waals surface area contributed by atoms with Crippen LogP contribution >= 0.6 is 0 Å². The average molecular weight is 430 g/mol. The van der Waals surface area contributed by atoms with Crippen molar-refractivity contribution in [3.05, 3.63) is 89.5 Å². The third-order valence-electron chi connectivity index (χ3n) is 5.25. The van der Waals surface area contributed by atoms with E-state index in [4.69, 9.17) is 4.42 Å². The molecule has 2 heterocycles. The zero-order valence-corrected chi connectivity index (χ0v) is 18.2. The highest BCUT2D eigenvalue weighted by molar-refractivity contribution is 6.02. The van der Waals surface area contributed by atoms with Gasteiger partial charge in [-0.1, -0.05) is 24.3 Å². The van der Waals surface area contributed by atoms with Crippen molar-refractivity contribution in [2.75, 3.05) is 18.9 Å². The fraction of sp³-hybridized carbons (Fsp3) is 0.200. The molecule has 4 N–H and O–H groups in total. The van der Waals surface area contributed by atoms with Crippen molar-refractivity contribution < 1.29 is 9.21 Å². The van der Waals surface area contributed by atoms with Gasteiger partial charge in [-0.3, -0.25) is 9.79 Å². The number of carbonyl (C=O) groups is 1. The molecule has 0 bridgehead atoms. The smallest absolute Gasteiger partial charge is 0.291 e. The van der Waals surface area contributed by atoms with Crippen LogP contribution in [0.4, 0.5) is 5.69 Å². The molecule has 7 heteroatoms. The number of amides is 1. The number of H-pyrrole nitrogens is 1. The number of guanidine groups is 1. The Balaban J connectivity index is 1.24. The van der Waals surface area contributed by atoms with Crippen LogP contribution in [0.15, 0.2) is 76.5 Å². The van der Waals surface area contributed by atoms with Gasteiger partial charge in [-0.25, -0.2) is 0 Å². The summed E-state index contributed by atoms with van der Waals surface area (Å²) in [5.74, 6) is 0.764. The number of hydrogen-bond acceptors (Lipinski definition) is 3. The van der Waals surface area contributed by atoms with Gasteiger partial charge in [0.05, 0.1) is 6.26 Å². The lowest BCUT2D eigenvalue weighted by Gasteiger charge is -2.12. The first-order chi connectivity index (χ1) is 15.6. The molecule has 0 fully saturated rings. The van der Waals surface area contributed by atoms with Crippen LogP contribution in [0.25, 0.3) is 10.9 Å². The Kier molecular flexibility index (Phi) is 6.55. The summed E-state index contributed by atoms with van der Waals surface area (Å²) in [6.45, 7) is 3.50. The summed E-state index contributed by atoms with van der Waals surface area (Å²) in [7, 11) is 1.76. The van der Waals surface area contributed by atoms with Crippen molar-refractivity contribution in [2.45, 2.75) is 19.9 Å². The predicted molar refractivity (Wildman–Crippen MR) is 128 cm³/mol. The van der Waals surface area contributed by atoms with Crippen molar-refractivity contribution in [1.82, 2.24) is 15.6 Å². The molecular formula is C25H27N5O2. The van der Waals surface area contributed by atoms with E-state index in [0.717, 1.165) is 24.5 Å². The van der Waals surface area contributed by atoms with Crippen LogP contribution in [0, 0.1) is 6.92 Å². The van der Waals surface area contributed by atoms with Gasteiger partial charge in [0.15, 0.2) is 11.7 Å². The lowest BCUT2D eigenvalue weighted by Crippen LogP contribution is -2.37. The van der Waals surface area contributed by atoms with Crippen LogP contribution in [-0.4, -0.2) is 30.4 Å². The third kappa shape index (κ3) is 5.18. The van der Waals surface area contributed by atoms with Crippen molar-refractivity contribution in [3.8, 4) is 0 Å². The van der Waals surface area contributed by atoms with Crippen molar-refractivity contribution in [1.29, 1.82) is 0 Å². The van der Waals surface area contributed by atoms with Crippen LogP contribution in [0.1, 0.15) is 27.2 Å². The van der Waals surface area contributed by atoms with Gasteiger partial charge in [-0.2, -0.15) is 0 Å². The highest BCUT2D eigenvalue weighted by Crippen LogP contribution is 2.19. The molecule has 164 valence electrons. The highest BCUT2D eigenvalue weighted by atomic mass is 16.3. The fourth-order valence-electron chi connectivity index (χ4n) is 3.54. The number of anilines is 1. The molecule has 0 saturated carbocycles. The molecule has 0 spiro atoms. The van der Waals surface area contributed by atoms with Crippen LogP contribution in [0.3, 0.4) is 0 Å². The van der Waals surface area contributed by atoms with Crippen molar-refractivity contribution >= 4 is 28.5 Å². The number of aromatic nitrogens is 1. The Bertz CT molecular complexity index is 1210. The van der Waals surface area contributed by atoms with E-state index in [2.05, 4.69) is 57.2 Å². The largest absolute Gasteiger partial charge is 0.459 e. The summed E-state index contributed by atoms with van der Waals surface area (Å²) >= 11 is 0. The van der Waals surface area contributed by atoms with Gasteiger partial charge in [0.25, 0.3) is 5.91 Å². The van der Waals surface area contributed by atoms with E-state index in [0.29, 0.717) is 12.2 Å². The maximum Gasteiger partial charge on any atom is 0.291 e. The summed E-state index contributed by atoms with van der Waals surface area (Å²) in [6, 6.07) is 17.5. The third-order valence-corrected chi connectivity index (χ3v) is 5.25. The first kappa shape index (κ1) is 21.2. The van der Waals surface area contributed by atoms with E-state index in [9.17, 15) is 4.79 Å². The molecule has 0 unspecified atom stereocenters. The van der Waals surface area contributed by atoms with Gasteiger partial charge in [-0.05, 0) is 60.4 Å². The summed E-state index contributed by atoms with van der Waals surface area (Å²) < 4.78 is 5.11. The number of furan rings is 1. The van der Waals surface area contributed by atoms with Gasteiger partial charge < -0.3 is 25.4 Å². The lowest BCUT2D eigenvalue weighted by atomic mass is 10.1. The first-order valence-corrected chi connectivity index (χ1v) is 10.6. The molecule has 32 heavy (non-hydrogen) atoms. The van der Waals surface area contributed by atoms with E-state index < -0.39 is 0 Å². The number of aliphatic imine (C=N–C) groups is 1. The van der Waals surface area contributed by atoms with Gasteiger partial charge in [-0.15, -0.1) is 0 Å². The monoisotopic (exact) mass is 429 g/mol. The van der Waals surface area contributed by atoms with Gasteiger partial charge in [0, 0.05) is 42.9 Å². The van der Waals surface area contributed by atoms with Gasteiger partial charge in [0.2, 0.25) is 0 Å². The Morgan fingerprint density at radius 1 is 1.09 bits per heavy atom. The topological polar surface area (TPSA) is 94.5 Å². The predicted octanol–water partition coefficient (Wildman–Crippen LogP) is 4.23. The molecule has 0 aliphatic carbocycles. The summed E-state index contributed by atoms with van der Waals surface area (Å²) in [5.41, 5.74) is 5.51. The summed E-state index contributed by atoms with van der Waals surface area (Å²) in [6.07, 6.45) is 4.45. The molecule has 0 radical (unpaired) electrons. The van der Waals surface area contributed by atoms with Crippen molar-refractivity contribution in [3.63, 3.8) is 0 Å². The molecule has 4 rings (SSSR count). The van der Waals surface area contributed by atoms with E-state index in [1.54, 1.807) is 19.2 Å². The maximum absolute atomic E-state index is 12.0. The van der Waals surface area contributed by atoms with Crippen molar-refractivity contribution in [2.24, 2.45) is 4.99 Å². The van der Waals surface area contributed by atoms with E-state index in [1.165, 1.54) is 28.3 Å². The molecule has 1 amide bonds. The van der Waals surface area contributed by atoms with Gasteiger partial charge >= 0.3 is 0 Å². The zero-order valence-electron chi connectivity index (χ0n) is 18.2. The van der Waals surface area contributed by atoms with Crippen LogP contribution in [0.2, 0.25) is 0 Å². The standard InChI is InChI=1S/C25H27N5O2/c1-17-5-10-21-19(16-28-22(21)14-17)11-12-27-25(26-2)29-15-18-6-8-20(9-7-18)30-24(31)23-4-3-13-32-23/h3-10,13-14,16,28H,11-12,15H2,1-2H3,(H,30,31)(H2,26,27,29). The van der Waals surface area contributed by atoms with E-state index in [-0.39, 0.29) is 11.7 Å². The van der Waals surface area contributed by atoms with E-state index >= 15 is 0 Å². The van der Waals surface area contributed by atoms with Crippen LogP contribution < -0.4 is 16.0 Å². The Morgan fingerprint density at radius 3 is 2.69 bits per heavy atom. The molecule has 0 saturated heterocycles. The number of aromatic amines is 1. The minimum Gasteiger partial charge on any atom is -0.459 e. The minimum atomic E-state index is -0.268. The zero-order chi connectivity index (χ0) is 22.3. The normalized spacial score (nSPS) is 11.5. The molecule has 0 aliphatic rings. The number of hydrogen-bond donors (Lipinski definition) is 4. The molecule has 2 aromatic carbocycles. The van der Waals surface area contributed by atoms with Gasteiger partial charge in [0.1, 0.15) is 0 Å². The van der Waals surface area contributed by atoms with Crippen LogP contribution in [-0.2, 0) is 13.0 Å². The molecule has 0 aliphatic heterocycles. The number of carbonyl (C=O) groups excluding carboxylic acids is 1. The SMILES string of the molecule is CN=C(NCCc1c[nH]c2cc(C)ccc12)NCc1ccc(NC(=O)c2ccco2)cc1. The molecular weight excluding hydrogens is 402 g/mol. The number of nitrogens with zero attached hydrogens (tertiary/aromatic N) is 1. The second-order valence-electron chi connectivity index (χ2n) is 7.59. The van der Waals surface area contributed by atoms with Crippen LogP contribution in [0.5, 0.6) is 0 Å². The van der Waals surface area contributed by atoms with E-state index in [1.807, 2.05) is 24.3 Å². The lowest BCUT2D eigenvalue weighted by molar-refractivity contribution is 0.0996.